The van der Waals surface area contributed by atoms with E-state index >= 15 is 0 Å². The van der Waals surface area contributed by atoms with Crippen molar-refractivity contribution in [1.29, 1.82) is 0 Å². The number of carbonyl (C=O) groups is 2. The Morgan fingerprint density at radius 3 is 2.66 bits per heavy atom. The molecule has 4 rings (SSSR count). The number of esters is 1. The molecule has 4 N–H and O–H groups in total. The van der Waals surface area contributed by atoms with Crippen molar-refractivity contribution >= 4 is 48.2 Å². The number of rotatable bonds is 14. The molecule has 2 aromatic heterocycles. The molecule has 2 fully saturated rings. The molecule has 7 atom stereocenters. The van der Waals surface area contributed by atoms with Gasteiger partial charge in [-0.25, -0.2) is 4.98 Å². The number of nitrogen functional groups attached to an aromatic ring is 1. The zero-order valence-electron chi connectivity index (χ0n) is 24.0. The standard InChI is InChI=1S/C25H38N6O8PS/c1-7-35-20-16-19(29-24(27)30-20)31(11-28-16)21-13(4)14-17(38-21)18(14)39-40(34)37-8-9-41-23(33)25(5,6)10-36-22(32)15(26)12(2)3/h11-15,17-18,21H,7-10,26H2,1-6H3,(H2,27,29,30)/q+1/t13-,14?,15-,17-,18+,21+/m0/s1. The predicted octanol–water partition coefficient (Wildman–Crippen LogP) is 2.84. The van der Waals surface area contributed by atoms with Gasteiger partial charge in [-0.05, 0) is 26.7 Å². The van der Waals surface area contributed by atoms with E-state index < -0.39 is 25.7 Å². The van der Waals surface area contributed by atoms with E-state index in [1.165, 1.54) is 0 Å². The molecule has 2 unspecified atom stereocenters. The molecule has 0 bridgehead atoms. The summed E-state index contributed by atoms with van der Waals surface area (Å²) in [7, 11) is -2.40. The quantitative estimate of drug-likeness (QED) is 0.179. The van der Waals surface area contributed by atoms with E-state index in [0.29, 0.717) is 23.7 Å². The Kier molecular flexibility index (Phi) is 9.87. The molecule has 1 aliphatic heterocycles. The summed E-state index contributed by atoms with van der Waals surface area (Å²) in [5.41, 5.74) is 11.8. The van der Waals surface area contributed by atoms with Crippen LogP contribution in [0.1, 0.15) is 47.8 Å². The minimum absolute atomic E-state index is 0.0112. The summed E-state index contributed by atoms with van der Waals surface area (Å²) in [6.07, 6.45) is 0.656. The summed E-state index contributed by atoms with van der Waals surface area (Å²) in [4.78, 5) is 37.4. The zero-order chi connectivity index (χ0) is 30.1. The van der Waals surface area contributed by atoms with Gasteiger partial charge < -0.3 is 25.7 Å². The molecule has 3 heterocycles. The number of hydrogen-bond acceptors (Lipinski definition) is 14. The van der Waals surface area contributed by atoms with Crippen LogP contribution < -0.4 is 16.2 Å². The third kappa shape index (κ3) is 6.98. The molecule has 16 heteroatoms. The van der Waals surface area contributed by atoms with Gasteiger partial charge in [0.1, 0.15) is 31.6 Å². The Balaban J connectivity index is 1.20. The molecule has 1 saturated carbocycles. The Morgan fingerprint density at radius 2 is 2.02 bits per heavy atom. The van der Waals surface area contributed by atoms with Crippen molar-refractivity contribution in [2.24, 2.45) is 28.9 Å². The van der Waals surface area contributed by atoms with Gasteiger partial charge in [0, 0.05) is 22.2 Å². The first-order chi connectivity index (χ1) is 19.4. The van der Waals surface area contributed by atoms with Crippen molar-refractivity contribution in [3.8, 4) is 5.88 Å². The molecule has 0 amide bonds. The van der Waals surface area contributed by atoms with Crippen LogP contribution in [-0.2, 0) is 32.7 Å². The first-order valence-corrected chi connectivity index (χ1v) is 15.6. The van der Waals surface area contributed by atoms with Crippen LogP contribution in [0, 0.1) is 23.2 Å². The SMILES string of the molecule is CCOc1nc(N)nc2c1ncn2[C@@H]1O[C@H]2C([C@H]2O[P+](=O)OCCSC(=O)C(C)(C)COC(=O)[C@@H](N)C(C)C)[C@@H]1C. The number of imidazole rings is 1. The molecule has 14 nitrogen and oxygen atoms in total. The number of anilines is 1. The Labute approximate surface area is 243 Å². The average molecular weight is 614 g/mol. The van der Waals surface area contributed by atoms with E-state index in [-0.39, 0.29) is 66.2 Å². The molecule has 1 saturated heterocycles. The van der Waals surface area contributed by atoms with Gasteiger partial charge in [-0.2, -0.15) is 9.97 Å². The van der Waals surface area contributed by atoms with Crippen LogP contribution in [0.2, 0.25) is 0 Å². The van der Waals surface area contributed by atoms with E-state index in [1.807, 2.05) is 27.7 Å². The maximum absolute atomic E-state index is 12.6. The lowest BCUT2D eigenvalue weighted by atomic mass is 9.97. The molecule has 2 aliphatic rings. The van der Waals surface area contributed by atoms with Gasteiger partial charge in [-0.1, -0.05) is 32.5 Å². The second kappa shape index (κ2) is 12.8. The average Bonchev–Trinajstić information content (AvgIpc) is 3.22. The van der Waals surface area contributed by atoms with Crippen molar-refractivity contribution in [2.75, 3.05) is 31.3 Å². The first-order valence-electron chi connectivity index (χ1n) is 13.5. The number of carbonyl (C=O) groups excluding carboxylic acids is 2. The van der Waals surface area contributed by atoms with Crippen molar-refractivity contribution in [3.05, 3.63) is 6.33 Å². The molecule has 0 radical (unpaired) electrons. The zero-order valence-corrected chi connectivity index (χ0v) is 25.7. The molecule has 0 spiro atoms. The smallest absolute Gasteiger partial charge is 0.476 e. The highest BCUT2D eigenvalue weighted by molar-refractivity contribution is 8.13. The summed E-state index contributed by atoms with van der Waals surface area (Å²) in [6, 6.07) is -0.739. The molecule has 41 heavy (non-hydrogen) atoms. The van der Waals surface area contributed by atoms with E-state index in [0.717, 1.165) is 11.8 Å². The molecule has 226 valence electrons. The summed E-state index contributed by atoms with van der Waals surface area (Å²) >= 11 is 1.02. The summed E-state index contributed by atoms with van der Waals surface area (Å²) in [5.74, 6) is 0.0905. The summed E-state index contributed by atoms with van der Waals surface area (Å²) < 4.78 is 42.1. The number of hydrogen-bond donors (Lipinski definition) is 2. The van der Waals surface area contributed by atoms with Crippen molar-refractivity contribution in [1.82, 2.24) is 19.5 Å². The molecule has 0 aromatic carbocycles. The highest BCUT2D eigenvalue weighted by Gasteiger charge is 2.67. The van der Waals surface area contributed by atoms with Crippen molar-refractivity contribution < 1.29 is 37.4 Å². The predicted molar refractivity (Wildman–Crippen MR) is 151 cm³/mol. The second-order valence-corrected chi connectivity index (χ2v) is 13.1. The van der Waals surface area contributed by atoms with Gasteiger partial charge in [0.2, 0.25) is 11.8 Å². The maximum atomic E-state index is 12.6. The van der Waals surface area contributed by atoms with Gasteiger partial charge >= 0.3 is 14.2 Å². The first kappa shape index (κ1) is 31.5. The lowest BCUT2D eigenvalue weighted by molar-refractivity contribution is -0.150. The Bertz CT molecular complexity index is 1290. The van der Waals surface area contributed by atoms with Crippen molar-refractivity contribution in [2.45, 2.75) is 66.0 Å². The molecular weight excluding hydrogens is 575 g/mol. The number of fused-ring (bicyclic) bond motifs is 2. The number of ether oxygens (including phenoxy) is 3. The third-order valence-electron chi connectivity index (χ3n) is 7.10. The molecule has 2 aromatic rings. The fourth-order valence-electron chi connectivity index (χ4n) is 4.55. The number of aromatic nitrogens is 4. The highest BCUT2D eigenvalue weighted by Crippen LogP contribution is 2.57. The van der Waals surface area contributed by atoms with Crippen molar-refractivity contribution in [3.63, 3.8) is 0 Å². The van der Waals surface area contributed by atoms with Gasteiger partial charge in [0.05, 0.1) is 24.5 Å². The van der Waals surface area contributed by atoms with Gasteiger partial charge in [-0.15, -0.1) is 9.05 Å². The van der Waals surface area contributed by atoms with Gasteiger partial charge in [0.15, 0.2) is 16.3 Å². The van der Waals surface area contributed by atoms with Crippen LogP contribution in [-0.4, -0.2) is 74.4 Å². The Hall–Kier alpha value is -2.42. The normalized spacial score (nSPS) is 24.8. The Morgan fingerprint density at radius 1 is 1.29 bits per heavy atom. The summed E-state index contributed by atoms with van der Waals surface area (Å²) in [5, 5.41) is -0.180. The second-order valence-electron chi connectivity index (χ2n) is 11.1. The lowest BCUT2D eigenvalue weighted by Gasteiger charge is -2.23. The van der Waals surface area contributed by atoms with E-state index in [4.69, 9.17) is 34.7 Å². The van der Waals surface area contributed by atoms with Gasteiger partial charge in [0.25, 0.3) is 0 Å². The highest BCUT2D eigenvalue weighted by atomic mass is 32.2. The van der Waals surface area contributed by atoms with Crippen LogP contribution in [0.3, 0.4) is 0 Å². The van der Waals surface area contributed by atoms with Crippen LogP contribution >= 0.6 is 20.0 Å². The topological polar surface area (TPSA) is 193 Å². The number of nitrogens with zero attached hydrogens (tertiary/aromatic N) is 4. The fourth-order valence-corrected chi connectivity index (χ4v) is 6.23. The third-order valence-corrected chi connectivity index (χ3v) is 9.09. The van der Waals surface area contributed by atoms with Gasteiger partial charge in [-0.3, -0.25) is 14.2 Å². The van der Waals surface area contributed by atoms with E-state index in [2.05, 4.69) is 15.0 Å². The maximum Gasteiger partial charge on any atom is 0.697 e. The largest absolute Gasteiger partial charge is 0.697 e. The van der Waals surface area contributed by atoms with Crippen LogP contribution in [0.25, 0.3) is 11.2 Å². The van der Waals surface area contributed by atoms with E-state index in [1.54, 1.807) is 24.7 Å². The summed E-state index contributed by atoms with van der Waals surface area (Å²) in [6.45, 7) is 11.3. The fraction of sp³-hybridized carbons (Fsp3) is 0.720. The number of nitrogens with two attached hydrogens (primary N) is 2. The van der Waals surface area contributed by atoms with Crippen LogP contribution in [0.5, 0.6) is 5.88 Å². The van der Waals surface area contributed by atoms with E-state index in [9.17, 15) is 14.2 Å². The molecule has 1 aliphatic carbocycles. The number of thioether (sulfide) groups is 1. The monoisotopic (exact) mass is 613 g/mol. The lowest BCUT2D eigenvalue weighted by Crippen LogP contribution is -2.39. The minimum Gasteiger partial charge on any atom is -0.476 e. The van der Waals surface area contributed by atoms with Crippen LogP contribution in [0.15, 0.2) is 6.33 Å². The van der Waals surface area contributed by atoms with Crippen LogP contribution in [0.4, 0.5) is 5.95 Å². The minimum atomic E-state index is -2.40. The molecular formula is C25H38N6O8PS+.